The van der Waals surface area contributed by atoms with Crippen LogP contribution in [0.1, 0.15) is 5.56 Å². The zero-order valence-electron chi connectivity index (χ0n) is 16.8. The Balaban J connectivity index is 1.82. The lowest BCUT2D eigenvalue weighted by Gasteiger charge is -2.07. The minimum atomic E-state index is -0.530. The third kappa shape index (κ3) is 4.26. The molecule has 0 spiro atoms. The molecule has 32 heavy (non-hydrogen) atoms. The van der Waals surface area contributed by atoms with Crippen molar-refractivity contribution in [3.8, 4) is 34.3 Å². The molecule has 4 rings (SSSR count). The van der Waals surface area contributed by atoms with E-state index in [-0.39, 0.29) is 29.5 Å². The molecular formula is C20H18N4O7S. The average Bonchev–Trinajstić information content (AvgIpc) is 3.38. The molecule has 0 atom stereocenters. The van der Waals surface area contributed by atoms with Crippen molar-refractivity contribution in [2.75, 3.05) is 27.1 Å². The van der Waals surface area contributed by atoms with Crippen LogP contribution in [-0.4, -0.2) is 53.1 Å². The van der Waals surface area contributed by atoms with Crippen LogP contribution in [0.15, 0.2) is 45.8 Å². The summed E-state index contributed by atoms with van der Waals surface area (Å²) in [6.07, 6.45) is 1.32. The number of methoxy groups -OCH3 is 1. The number of phenolic OH excluding ortho intramolecular Hbond substituents is 2. The number of nitrogens with zero attached hydrogens (tertiary/aromatic N) is 4. The van der Waals surface area contributed by atoms with E-state index in [2.05, 4.69) is 10.1 Å². The molecule has 1 aliphatic heterocycles. The van der Waals surface area contributed by atoms with Crippen LogP contribution in [-0.2, 0) is 4.74 Å². The van der Waals surface area contributed by atoms with Crippen molar-refractivity contribution in [3.05, 3.63) is 56.2 Å². The fourth-order valence-corrected chi connectivity index (χ4v) is 3.86. The van der Waals surface area contributed by atoms with Gasteiger partial charge in [-0.25, -0.2) is 4.68 Å². The van der Waals surface area contributed by atoms with E-state index in [0.29, 0.717) is 40.7 Å². The third-order valence-corrected chi connectivity index (χ3v) is 5.37. The number of aromatic hydroxyl groups is 2. The van der Waals surface area contributed by atoms with E-state index in [1.165, 1.54) is 46.5 Å². The maximum atomic E-state index is 11.5. The van der Waals surface area contributed by atoms with Crippen LogP contribution in [0.2, 0.25) is 0 Å². The summed E-state index contributed by atoms with van der Waals surface area (Å²) in [7, 11) is 1.56. The zero-order chi connectivity index (χ0) is 22.7. The number of nitro groups is 1. The molecule has 166 valence electrons. The molecule has 0 fully saturated rings. The van der Waals surface area contributed by atoms with Crippen molar-refractivity contribution in [2.24, 2.45) is 10.1 Å². The first-order chi connectivity index (χ1) is 15.5. The molecule has 2 heterocycles. The minimum absolute atomic E-state index is 0.0147. The van der Waals surface area contributed by atoms with E-state index in [1.807, 2.05) is 0 Å². The number of ether oxygens (including phenoxy) is 3. The molecular weight excluding hydrogens is 440 g/mol. The van der Waals surface area contributed by atoms with Gasteiger partial charge in [-0.15, -0.1) is 11.3 Å². The van der Waals surface area contributed by atoms with Crippen LogP contribution >= 0.6 is 11.3 Å². The van der Waals surface area contributed by atoms with Crippen LogP contribution in [0.3, 0.4) is 0 Å². The second-order valence-corrected chi connectivity index (χ2v) is 7.39. The van der Waals surface area contributed by atoms with Crippen LogP contribution in [0.5, 0.6) is 23.0 Å². The summed E-state index contributed by atoms with van der Waals surface area (Å²) in [5.74, 6) is 0.442. The van der Waals surface area contributed by atoms with E-state index >= 15 is 0 Å². The molecule has 1 aromatic heterocycles. The molecule has 0 amide bonds. The van der Waals surface area contributed by atoms with Crippen molar-refractivity contribution < 1.29 is 29.3 Å². The molecule has 0 unspecified atom stereocenters. The quantitative estimate of drug-likeness (QED) is 0.240. The summed E-state index contributed by atoms with van der Waals surface area (Å²) >= 11 is 1.27. The summed E-state index contributed by atoms with van der Waals surface area (Å²) in [4.78, 5) is 16.0. The lowest BCUT2D eigenvalue weighted by Crippen LogP contribution is -2.14. The molecule has 2 aromatic carbocycles. The summed E-state index contributed by atoms with van der Waals surface area (Å²) in [6.45, 7) is 0.756. The maximum Gasteiger partial charge on any atom is 0.282 e. The number of thiazole rings is 1. The number of hydrogen-bond acceptors (Lipinski definition) is 10. The maximum absolute atomic E-state index is 11.5. The van der Waals surface area contributed by atoms with Gasteiger partial charge in [-0.2, -0.15) is 5.10 Å². The normalized spacial score (nSPS) is 13.2. The first-order valence-corrected chi connectivity index (χ1v) is 10.2. The van der Waals surface area contributed by atoms with Gasteiger partial charge < -0.3 is 24.4 Å². The van der Waals surface area contributed by atoms with Gasteiger partial charge in [0.1, 0.15) is 11.5 Å². The highest BCUT2D eigenvalue weighted by atomic mass is 32.1. The SMILES string of the molecule is COCCN=c1scc(-c2ccc(O)cc2O)n1/N=C/c1cc2c(cc1[N+](=O)[O-])OCO2. The Hall–Kier alpha value is -3.90. The van der Waals surface area contributed by atoms with Gasteiger partial charge in [0.25, 0.3) is 5.69 Å². The lowest BCUT2D eigenvalue weighted by atomic mass is 10.1. The first-order valence-electron chi connectivity index (χ1n) is 9.32. The fourth-order valence-electron chi connectivity index (χ4n) is 3.00. The smallest absolute Gasteiger partial charge is 0.282 e. The third-order valence-electron chi connectivity index (χ3n) is 4.52. The molecule has 0 radical (unpaired) electrons. The average molecular weight is 458 g/mol. The van der Waals surface area contributed by atoms with Crippen molar-refractivity contribution in [1.29, 1.82) is 0 Å². The van der Waals surface area contributed by atoms with Crippen molar-refractivity contribution in [3.63, 3.8) is 0 Å². The highest BCUT2D eigenvalue weighted by Gasteiger charge is 2.22. The molecule has 11 nitrogen and oxygen atoms in total. The Labute approximate surface area is 185 Å². The van der Waals surface area contributed by atoms with Crippen molar-refractivity contribution in [1.82, 2.24) is 4.68 Å². The second kappa shape index (κ2) is 9.08. The topological polar surface area (TPSA) is 141 Å². The van der Waals surface area contributed by atoms with Crippen LogP contribution in [0.25, 0.3) is 11.3 Å². The zero-order valence-corrected chi connectivity index (χ0v) is 17.6. The standard InChI is InChI=1S/C20H18N4O7S/c1-29-5-4-21-20-23(16(10-32-20)14-3-2-13(25)7-17(14)26)22-9-12-6-18-19(31-11-30-18)8-15(12)24(27)28/h2-3,6-10,25-26H,4-5,11H2,1H3/b21-20?,22-9+. The number of phenols is 2. The minimum Gasteiger partial charge on any atom is -0.508 e. The molecule has 0 saturated carbocycles. The summed E-state index contributed by atoms with van der Waals surface area (Å²) in [5, 5.41) is 37.6. The summed E-state index contributed by atoms with van der Waals surface area (Å²) in [5.41, 5.74) is 0.912. The predicted molar refractivity (Wildman–Crippen MR) is 116 cm³/mol. The number of hydrogen-bond donors (Lipinski definition) is 2. The van der Waals surface area contributed by atoms with E-state index in [1.54, 1.807) is 18.6 Å². The van der Waals surface area contributed by atoms with Gasteiger partial charge in [0.15, 0.2) is 11.5 Å². The van der Waals surface area contributed by atoms with E-state index < -0.39 is 4.92 Å². The van der Waals surface area contributed by atoms with E-state index in [9.17, 15) is 20.3 Å². The molecule has 2 N–H and O–H groups in total. The highest BCUT2D eigenvalue weighted by Crippen LogP contribution is 2.37. The predicted octanol–water partition coefficient (Wildman–Crippen LogP) is 2.69. The van der Waals surface area contributed by atoms with Gasteiger partial charge in [-0.05, 0) is 18.2 Å². The Morgan fingerprint density at radius 3 is 2.78 bits per heavy atom. The number of aromatic nitrogens is 1. The van der Waals surface area contributed by atoms with Gasteiger partial charge in [-0.1, -0.05) is 0 Å². The van der Waals surface area contributed by atoms with Gasteiger partial charge in [0, 0.05) is 24.1 Å². The summed E-state index contributed by atoms with van der Waals surface area (Å²) in [6, 6.07) is 6.96. The Morgan fingerprint density at radius 1 is 1.28 bits per heavy atom. The van der Waals surface area contributed by atoms with Gasteiger partial charge in [-0.3, -0.25) is 15.1 Å². The molecule has 1 aliphatic rings. The van der Waals surface area contributed by atoms with Crippen LogP contribution in [0.4, 0.5) is 5.69 Å². The molecule has 12 heteroatoms. The van der Waals surface area contributed by atoms with E-state index in [4.69, 9.17) is 14.2 Å². The van der Waals surface area contributed by atoms with E-state index in [0.717, 1.165) is 0 Å². The van der Waals surface area contributed by atoms with Crippen LogP contribution in [0, 0.1) is 10.1 Å². The summed E-state index contributed by atoms with van der Waals surface area (Å²) < 4.78 is 17.0. The molecule has 0 bridgehead atoms. The Kier molecular flexibility index (Phi) is 6.05. The van der Waals surface area contributed by atoms with Gasteiger partial charge in [0.05, 0.1) is 41.6 Å². The Morgan fingerprint density at radius 2 is 2.06 bits per heavy atom. The second-order valence-electron chi connectivity index (χ2n) is 6.56. The molecule has 3 aromatic rings. The van der Waals surface area contributed by atoms with Gasteiger partial charge >= 0.3 is 0 Å². The monoisotopic (exact) mass is 458 g/mol. The molecule has 0 aliphatic carbocycles. The van der Waals surface area contributed by atoms with Crippen LogP contribution < -0.4 is 14.3 Å². The highest BCUT2D eigenvalue weighted by molar-refractivity contribution is 7.07. The largest absolute Gasteiger partial charge is 0.508 e. The first kappa shape index (κ1) is 21.3. The number of fused-ring (bicyclic) bond motifs is 1. The fraction of sp³-hybridized carbons (Fsp3) is 0.200. The number of rotatable bonds is 7. The molecule has 0 saturated heterocycles. The Bertz CT molecular complexity index is 1270. The number of nitro benzene ring substituents is 1. The lowest BCUT2D eigenvalue weighted by molar-refractivity contribution is -0.385. The van der Waals surface area contributed by atoms with Gasteiger partial charge in [0.2, 0.25) is 11.6 Å². The number of benzene rings is 2. The van der Waals surface area contributed by atoms with Crippen molar-refractivity contribution >= 4 is 23.2 Å². The van der Waals surface area contributed by atoms with Crippen molar-refractivity contribution in [2.45, 2.75) is 0 Å².